The molecule has 1 aliphatic rings. The van der Waals surface area contributed by atoms with Gasteiger partial charge in [0.1, 0.15) is 6.10 Å². The van der Waals surface area contributed by atoms with Gasteiger partial charge >= 0.3 is 0 Å². The van der Waals surface area contributed by atoms with Crippen molar-refractivity contribution in [3.63, 3.8) is 0 Å². The molecule has 104 valence electrons. The van der Waals surface area contributed by atoms with Crippen LogP contribution in [0, 0.1) is 6.92 Å². The van der Waals surface area contributed by atoms with Crippen LogP contribution in [0.3, 0.4) is 0 Å². The summed E-state index contributed by atoms with van der Waals surface area (Å²) in [5.41, 5.74) is 0.908. The molecule has 1 aromatic rings. The number of aromatic nitrogens is 2. The van der Waals surface area contributed by atoms with Crippen LogP contribution in [0.2, 0.25) is 0 Å². The van der Waals surface area contributed by atoms with E-state index in [9.17, 15) is 4.79 Å². The fraction of sp³-hybridized carbons (Fsp3) is 0.615. The molecule has 0 aromatic carbocycles. The highest BCUT2D eigenvalue weighted by molar-refractivity contribution is 5.78. The van der Waals surface area contributed by atoms with Gasteiger partial charge in [0.2, 0.25) is 5.91 Å². The van der Waals surface area contributed by atoms with Gasteiger partial charge in [-0.2, -0.15) is 0 Å². The fourth-order valence-corrected chi connectivity index (χ4v) is 2.03. The van der Waals surface area contributed by atoms with E-state index >= 15 is 0 Å². The second-order valence-electron chi connectivity index (χ2n) is 4.99. The van der Waals surface area contributed by atoms with Crippen molar-refractivity contribution < 1.29 is 9.53 Å². The molecule has 1 aliphatic heterocycles. The third-order valence-electron chi connectivity index (χ3n) is 2.97. The molecule has 0 unspecified atom stereocenters. The van der Waals surface area contributed by atoms with Crippen molar-refractivity contribution in [1.82, 2.24) is 19.8 Å². The number of likely N-dealkylation sites (N-methyl/N-ethyl adjacent to an activating group) is 1. The van der Waals surface area contributed by atoms with E-state index < -0.39 is 0 Å². The van der Waals surface area contributed by atoms with Crippen LogP contribution in [0.4, 0.5) is 0 Å². The molecular formula is C13H20N4O2. The summed E-state index contributed by atoms with van der Waals surface area (Å²) in [7, 11) is 3.78. The Morgan fingerprint density at radius 3 is 3.05 bits per heavy atom. The highest BCUT2D eigenvalue weighted by Crippen LogP contribution is 2.19. The van der Waals surface area contributed by atoms with Crippen molar-refractivity contribution in [2.75, 3.05) is 40.3 Å². The minimum Gasteiger partial charge on any atom is -0.367 e. The van der Waals surface area contributed by atoms with Gasteiger partial charge in [0.05, 0.1) is 19.7 Å². The van der Waals surface area contributed by atoms with Crippen molar-refractivity contribution in [3.05, 3.63) is 23.8 Å². The number of carbonyl (C=O) groups excluding carboxylic acids is 1. The molecule has 6 heteroatoms. The van der Waals surface area contributed by atoms with Gasteiger partial charge in [-0.05, 0) is 27.1 Å². The molecule has 0 radical (unpaired) electrons. The first-order valence-corrected chi connectivity index (χ1v) is 6.40. The average Bonchev–Trinajstić information content (AvgIpc) is 2.38. The molecule has 0 spiro atoms. The number of hydrogen-bond acceptors (Lipinski definition) is 5. The molecule has 6 nitrogen and oxygen atoms in total. The third-order valence-corrected chi connectivity index (χ3v) is 2.97. The van der Waals surface area contributed by atoms with Gasteiger partial charge in [-0.3, -0.25) is 4.79 Å². The predicted molar refractivity (Wildman–Crippen MR) is 70.6 cm³/mol. The number of carbonyl (C=O) groups is 1. The average molecular weight is 264 g/mol. The van der Waals surface area contributed by atoms with Crippen LogP contribution in [-0.2, 0) is 9.53 Å². The number of morpholine rings is 1. The first-order valence-electron chi connectivity index (χ1n) is 6.40. The van der Waals surface area contributed by atoms with Crippen molar-refractivity contribution in [3.8, 4) is 0 Å². The molecule has 2 heterocycles. The molecule has 0 bridgehead atoms. The summed E-state index contributed by atoms with van der Waals surface area (Å²) in [5, 5.41) is 0. The summed E-state index contributed by atoms with van der Waals surface area (Å²) < 4.78 is 5.67. The number of hydrogen-bond donors (Lipinski definition) is 0. The van der Waals surface area contributed by atoms with Crippen molar-refractivity contribution in [1.29, 1.82) is 0 Å². The van der Waals surface area contributed by atoms with Gasteiger partial charge in [0.25, 0.3) is 0 Å². The van der Waals surface area contributed by atoms with E-state index in [1.165, 1.54) is 0 Å². The minimum atomic E-state index is -0.222. The highest BCUT2D eigenvalue weighted by Gasteiger charge is 2.27. The predicted octanol–water partition coefficient (Wildman–Crippen LogP) is 0.247. The van der Waals surface area contributed by atoms with Crippen LogP contribution in [0.1, 0.15) is 17.6 Å². The summed E-state index contributed by atoms with van der Waals surface area (Å²) in [5.74, 6) is 0.772. The zero-order valence-electron chi connectivity index (χ0n) is 11.7. The first kappa shape index (κ1) is 13.9. The number of amides is 1. The molecule has 1 fully saturated rings. The fourth-order valence-electron chi connectivity index (χ4n) is 2.03. The van der Waals surface area contributed by atoms with Crippen LogP contribution >= 0.6 is 0 Å². The van der Waals surface area contributed by atoms with Crippen molar-refractivity contribution >= 4 is 5.91 Å². The zero-order chi connectivity index (χ0) is 13.8. The third kappa shape index (κ3) is 3.71. The Morgan fingerprint density at radius 1 is 1.58 bits per heavy atom. The lowest BCUT2D eigenvalue weighted by Gasteiger charge is -2.32. The lowest BCUT2D eigenvalue weighted by Crippen LogP contribution is -2.45. The van der Waals surface area contributed by atoms with Gasteiger partial charge in [-0.15, -0.1) is 0 Å². The Hall–Kier alpha value is -1.53. The van der Waals surface area contributed by atoms with Gasteiger partial charge < -0.3 is 14.5 Å². The lowest BCUT2D eigenvalue weighted by atomic mass is 10.2. The largest absolute Gasteiger partial charge is 0.367 e. The molecule has 2 rings (SSSR count). The molecule has 0 N–H and O–H groups in total. The number of nitrogens with zero attached hydrogens (tertiary/aromatic N) is 4. The second kappa shape index (κ2) is 6.08. The van der Waals surface area contributed by atoms with Crippen LogP contribution in [0.15, 0.2) is 12.3 Å². The number of aryl methyl sites for hydroxylation is 1. The molecule has 1 atom stereocenters. The summed E-state index contributed by atoms with van der Waals surface area (Å²) in [4.78, 5) is 24.3. The Kier molecular flexibility index (Phi) is 4.44. The number of rotatable bonds is 3. The van der Waals surface area contributed by atoms with Crippen LogP contribution in [0.25, 0.3) is 0 Å². The summed E-state index contributed by atoms with van der Waals surface area (Å²) in [6, 6.07) is 1.85. The topological polar surface area (TPSA) is 58.6 Å². The Labute approximate surface area is 113 Å². The SMILES string of the molecule is Cc1ccnc([C@H]2CN(C(=O)CN(C)C)CCO2)n1. The highest BCUT2D eigenvalue weighted by atomic mass is 16.5. The van der Waals surface area contributed by atoms with Crippen molar-refractivity contribution in [2.24, 2.45) is 0 Å². The van der Waals surface area contributed by atoms with E-state index in [4.69, 9.17) is 4.74 Å². The van der Waals surface area contributed by atoms with Gasteiger partial charge in [0, 0.05) is 18.4 Å². The molecule has 0 aliphatic carbocycles. The Morgan fingerprint density at radius 2 is 2.37 bits per heavy atom. The quantitative estimate of drug-likeness (QED) is 0.783. The zero-order valence-corrected chi connectivity index (χ0v) is 11.7. The van der Waals surface area contributed by atoms with Gasteiger partial charge in [0.15, 0.2) is 5.82 Å². The summed E-state index contributed by atoms with van der Waals surface area (Å²) >= 11 is 0. The first-order chi connectivity index (χ1) is 9.06. The summed E-state index contributed by atoms with van der Waals surface area (Å²) in [6.07, 6.45) is 1.50. The summed E-state index contributed by atoms with van der Waals surface area (Å²) in [6.45, 7) is 4.02. The molecule has 19 heavy (non-hydrogen) atoms. The van der Waals surface area contributed by atoms with Gasteiger partial charge in [-0.1, -0.05) is 0 Å². The smallest absolute Gasteiger partial charge is 0.236 e. The number of ether oxygens (including phenoxy) is 1. The molecule has 0 saturated carbocycles. The van der Waals surface area contributed by atoms with Gasteiger partial charge in [-0.25, -0.2) is 9.97 Å². The van der Waals surface area contributed by atoms with Crippen molar-refractivity contribution in [2.45, 2.75) is 13.0 Å². The molecule has 1 saturated heterocycles. The van der Waals surface area contributed by atoms with Crippen LogP contribution in [0.5, 0.6) is 0 Å². The molecule has 1 amide bonds. The van der Waals surface area contributed by atoms with Crippen LogP contribution in [-0.4, -0.2) is 66.0 Å². The molecule has 1 aromatic heterocycles. The monoisotopic (exact) mass is 264 g/mol. The lowest BCUT2D eigenvalue weighted by molar-refractivity contribution is -0.139. The molecular weight excluding hydrogens is 244 g/mol. The Balaban J connectivity index is 2.03. The van der Waals surface area contributed by atoms with E-state index in [1.54, 1.807) is 6.20 Å². The normalized spacial score (nSPS) is 19.8. The second-order valence-corrected chi connectivity index (χ2v) is 4.99. The standard InChI is InChI=1S/C13H20N4O2/c1-10-4-5-14-13(15-10)11-8-17(6-7-19-11)12(18)9-16(2)3/h4-5,11H,6-9H2,1-3H3/t11-/m1/s1. The van der Waals surface area contributed by atoms with E-state index in [0.717, 1.165) is 5.69 Å². The van der Waals surface area contributed by atoms with E-state index in [0.29, 0.717) is 32.1 Å². The maximum atomic E-state index is 12.0. The Bertz CT molecular complexity index is 450. The van der Waals surface area contributed by atoms with E-state index in [2.05, 4.69) is 9.97 Å². The van der Waals surface area contributed by atoms with Crippen LogP contribution < -0.4 is 0 Å². The maximum absolute atomic E-state index is 12.0. The maximum Gasteiger partial charge on any atom is 0.236 e. The van der Waals surface area contributed by atoms with E-state index in [-0.39, 0.29) is 12.0 Å². The minimum absolute atomic E-state index is 0.117. The van der Waals surface area contributed by atoms with E-state index in [1.807, 2.05) is 36.9 Å².